The van der Waals surface area contributed by atoms with Crippen LogP contribution < -0.4 is 5.32 Å². The van der Waals surface area contributed by atoms with Crippen LogP contribution >= 0.6 is 15.9 Å². The molecule has 94 valence electrons. The lowest BCUT2D eigenvalue weighted by Gasteiger charge is -2.23. The van der Waals surface area contributed by atoms with Crippen molar-refractivity contribution in [1.82, 2.24) is 4.98 Å². The third kappa shape index (κ3) is 3.44. The molecule has 0 aliphatic heterocycles. The summed E-state index contributed by atoms with van der Waals surface area (Å²) in [6, 6.07) is 2.81. The quantitative estimate of drug-likeness (QED) is 0.873. The molecule has 0 bridgehead atoms. The van der Waals surface area contributed by atoms with E-state index in [2.05, 4.69) is 46.1 Å². The molecule has 0 saturated heterocycles. The van der Waals surface area contributed by atoms with Crippen LogP contribution in [0.4, 0.5) is 5.82 Å². The molecule has 0 radical (unpaired) electrons. The molecule has 0 spiro atoms. The van der Waals surface area contributed by atoms with Crippen LogP contribution in [0.2, 0.25) is 0 Å². The van der Waals surface area contributed by atoms with Gasteiger partial charge in [-0.05, 0) is 46.3 Å². The molecule has 1 aliphatic carbocycles. The molecule has 1 heterocycles. The van der Waals surface area contributed by atoms with E-state index >= 15 is 0 Å². The maximum absolute atomic E-state index is 4.46. The van der Waals surface area contributed by atoms with Gasteiger partial charge in [-0.2, -0.15) is 0 Å². The van der Waals surface area contributed by atoms with Crippen LogP contribution in [0, 0.1) is 0 Å². The van der Waals surface area contributed by atoms with Crippen molar-refractivity contribution >= 4 is 21.7 Å². The molecule has 1 aromatic heterocycles. The van der Waals surface area contributed by atoms with Gasteiger partial charge in [0.1, 0.15) is 5.82 Å². The molecule has 1 N–H and O–H groups in total. The fraction of sp³-hybridized carbons (Fsp3) is 0.643. The van der Waals surface area contributed by atoms with E-state index < -0.39 is 0 Å². The van der Waals surface area contributed by atoms with Crippen LogP contribution in [-0.2, 0) is 0 Å². The van der Waals surface area contributed by atoms with Gasteiger partial charge in [0.05, 0.1) is 0 Å². The standard InChI is InChI=1S/C14H21BrN2/c1-10(2)12-8-14(16-9-13(12)15)17-11-6-4-3-5-7-11/h8-11H,3-7H2,1-2H3,(H,16,17). The normalized spacial score (nSPS) is 17.4. The second-order valence-corrected chi connectivity index (χ2v) is 6.08. The number of halogens is 1. The van der Waals surface area contributed by atoms with E-state index in [4.69, 9.17) is 0 Å². The van der Waals surface area contributed by atoms with E-state index in [1.54, 1.807) is 0 Å². The first-order chi connectivity index (χ1) is 8.16. The molecule has 1 aliphatic rings. The lowest BCUT2D eigenvalue weighted by atomic mass is 9.95. The minimum absolute atomic E-state index is 0.527. The maximum Gasteiger partial charge on any atom is 0.126 e. The van der Waals surface area contributed by atoms with Crippen molar-refractivity contribution in [3.8, 4) is 0 Å². The Morgan fingerprint density at radius 1 is 1.29 bits per heavy atom. The van der Waals surface area contributed by atoms with Crippen LogP contribution in [-0.4, -0.2) is 11.0 Å². The average molecular weight is 297 g/mol. The van der Waals surface area contributed by atoms with Crippen molar-refractivity contribution < 1.29 is 0 Å². The summed E-state index contributed by atoms with van der Waals surface area (Å²) in [7, 11) is 0. The Bertz CT molecular complexity index is 370. The summed E-state index contributed by atoms with van der Waals surface area (Å²) in [5.41, 5.74) is 1.33. The second-order valence-electron chi connectivity index (χ2n) is 5.23. The highest BCUT2D eigenvalue weighted by Gasteiger charge is 2.14. The van der Waals surface area contributed by atoms with E-state index in [0.717, 1.165) is 10.3 Å². The van der Waals surface area contributed by atoms with Crippen molar-refractivity contribution in [3.63, 3.8) is 0 Å². The predicted molar refractivity (Wildman–Crippen MR) is 76.5 cm³/mol. The summed E-state index contributed by atoms with van der Waals surface area (Å²) in [5.74, 6) is 1.56. The van der Waals surface area contributed by atoms with Gasteiger partial charge in [0.25, 0.3) is 0 Å². The average Bonchev–Trinajstić information content (AvgIpc) is 2.32. The zero-order valence-electron chi connectivity index (χ0n) is 10.7. The molecule has 0 amide bonds. The van der Waals surface area contributed by atoms with Crippen LogP contribution in [0.1, 0.15) is 57.4 Å². The van der Waals surface area contributed by atoms with Gasteiger partial charge in [-0.15, -0.1) is 0 Å². The molecule has 2 nitrogen and oxygen atoms in total. The van der Waals surface area contributed by atoms with E-state index in [1.165, 1.54) is 37.7 Å². The lowest BCUT2D eigenvalue weighted by molar-refractivity contribution is 0.462. The van der Waals surface area contributed by atoms with Gasteiger partial charge in [0, 0.05) is 16.7 Å². The van der Waals surface area contributed by atoms with Crippen LogP contribution in [0.5, 0.6) is 0 Å². The predicted octanol–water partition coefficient (Wildman–Crippen LogP) is 4.71. The molecular formula is C14H21BrN2. The Hall–Kier alpha value is -0.570. The minimum atomic E-state index is 0.527. The van der Waals surface area contributed by atoms with Crippen molar-refractivity contribution in [1.29, 1.82) is 0 Å². The van der Waals surface area contributed by atoms with Crippen molar-refractivity contribution in [2.45, 2.75) is 57.9 Å². The number of nitrogens with zero attached hydrogens (tertiary/aromatic N) is 1. The van der Waals surface area contributed by atoms with Gasteiger partial charge < -0.3 is 5.32 Å². The second kappa shape index (κ2) is 5.85. The number of aromatic nitrogens is 1. The molecule has 1 fully saturated rings. The van der Waals surface area contributed by atoms with E-state index in [0.29, 0.717) is 12.0 Å². The Kier molecular flexibility index (Phi) is 4.43. The van der Waals surface area contributed by atoms with Crippen molar-refractivity contribution in [3.05, 3.63) is 22.3 Å². The molecular weight excluding hydrogens is 276 g/mol. The summed E-state index contributed by atoms with van der Waals surface area (Å²) in [5, 5.41) is 3.57. The number of hydrogen-bond acceptors (Lipinski definition) is 2. The molecule has 1 aromatic rings. The van der Waals surface area contributed by atoms with Crippen LogP contribution in [0.3, 0.4) is 0 Å². The van der Waals surface area contributed by atoms with Crippen molar-refractivity contribution in [2.75, 3.05) is 5.32 Å². The summed E-state index contributed by atoms with van der Waals surface area (Å²) >= 11 is 3.57. The van der Waals surface area contributed by atoms with Gasteiger partial charge in [-0.25, -0.2) is 4.98 Å². The largest absolute Gasteiger partial charge is 0.367 e. The summed E-state index contributed by atoms with van der Waals surface area (Å²) < 4.78 is 1.11. The molecule has 0 atom stereocenters. The highest BCUT2D eigenvalue weighted by atomic mass is 79.9. The Labute approximate surface area is 112 Å². The zero-order chi connectivity index (χ0) is 12.3. The molecule has 2 rings (SSSR count). The number of nitrogens with one attached hydrogen (secondary N) is 1. The Balaban J connectivity index is 2.07. The summed E-state index contributed by atoms with van der Waals surface area (Å²) in [6.07, 6.45) is 8.59. The number of hydrogen-bond donors (Lipinski definition) is 1. The van der Waals surface area contributed by atoms with Gasteiger partial charge in [0.2, 0.25) is 0 Å². The fourth-order valence-corrected chi connectivity index (χ4v) is 3.11. The van der Waals surface area contributed by atoms with Crippen LogP contribution in [0.25, 0.3) is 0 Å². The highest BCUT2D eigenvalue weighted by Crippen LogP contribution is 2.27. The van der Waals surface area contributed by atoms with Gasteiger partial charge in [0.15, 0.2) is 0 Å². The van der Waals surface area contributed by atoms with Crippen LogP contribution in [0.15, 0.2) is 16.7 Å². The van der Waals surface area contributed by atoms with Gasteiger partial charge in [-0.1, -0.05) is 33.1 Å². The molecule has 0 unspecified atom stereocenters. The van der Waals surface area contributed by atoms with Crippen molar-refractivity contribution in [2.24, 2.45) is 0 Å². The highest BCUT2D eigenvalue weighted by molar-refractivity contribution is 9.10. The molecule has 0 aromatic carbocycles. The fourth-order valence-electron chi connectivity index (χ4n) is 2.43. The first-order valence-corrected chi connectivity index (χ1v) is 7.38. The third-order valence-electron chi connectivity index (χ3n) is 3.46. The molecule has 1 saturated carbocycles. The Morgan fingerprint density at radius 3 is 2.65 bits per heavy atom. The van der Waals surface area contributed by atoms with E-state index in [1.807, 2.05) is 6.20 Å². The maximum atomic E-state index is 4.46. The SMILES string of the molecule is CC(C)c1cc(NC2CCCCC2)ncc1Br. The van der Waals surface area contributed by atoms with E-state index in [-0.39, 0.29) is 0 Å². The zero-order valence-corrected chi connectivity index (χ0v) is 12.3. The van der Waals surface area contributed by atoms with Gasteiger partial charge in [-0.3, -0.25) is 0 Å². The number of anilines is 1. The summed E-state index contributed by atoms with van der Waals surface area (Å²) in [6.45, 7) is 4.43. The minimum Gasteiger partial charge on any atom is -0.367 e. The molecule has 3 heteroatoms. The smallest absolute Gasteiger partial charge is 0.126 e. The monoisotopic (exact) mass is 296 g/mol. The third-order valence-corrected chi connectivity index (χ3v) is 4.13. The van der Waals surface area contributed by atoms with Gasteiger partial charge >= 0.3 is 0 Å². The summed E-state index contributed by atoms with van der Waals surface area (Å²) in [4.78, 5) is 4.46. The molecule has 17 heavy (non-hydrogen) atoms. The number of rotatable bonds is 3. The topological polar surface area (TPSA) is 24.9 Å². The first-order valence-electron chi connectivity index (χ1n) is 6.59. The lowest BCUT2D eigenvalue weighted by Crippen LogP contribution is -2.22. The first kappa shape index (κ1) is 12.9. The number of pyridine rings is 1. The Morgan fingerprint density at radius 2 is 2.00 bits per heavy atom. The van der Waals surface area contributed by atoms with E-state index in [9.17, 15) is 0 Å².